The molecule has 2 saturated heterocycles. The first kappa shape index (κ1) is 17.5. The lowest BCUT2D eigenvalue weighted by molar-refractivity contribution is -0.142. The zero-order chi connectivity index (χ0) is 18.2. The number of likely N-dealkylation sites (tertiary alicyclic amines) is 1. The van der Waals surface area contributed by atoms with Gasteiger partial charge in [0.25, 0.3) is 5.91 Å². The molecule has 0 saturated carbocycles. The largest absolute Gasteiger partial charge is 0.336 e. The minimum absolute atomic E-state index is 0.137. The van der Waals surface area contributed by atoms with E-state index in [2.05, 4.69) is 5.32 Å². The van der Waals surface area contributed by atoms with E-state index in [0.29, 0.717) is 5.56 Å². The third-order valence-electron chi connectivity index (χ3n) is 5.40. The number of urea groups is 1. The second-order valence-electron chi connectivity index (χ2n) is 7.24. The van der Waals surface area contributed by atoms with Gasteiger partial charge in [0, 0.05) is 12.1 Å². The minimum atomic E-state index is -1.13. The lowest BCUT2D eigenvalue weighted by Crippen LogP contribution is -2.52. The molecular formula is C19H25N3O3. The van der Waals surface area contributed by atoms with Crippen molar-refractivity contribution in [2.45, 2.75) is 57.7 Å². The van der Waals surface area contributed by atoms with E-state index in [9.17, 15) is 14.4 Å². The molecule has 3 atom stereocenters. The van der Waals surface area contributed by atoms with E-state index in [-0.39, 0.29) is 30.4 Å². The molecule has 2 heterocycles. The molecule has 2 aliphatic rings. The summed E-state index contributed by atoms with van der Waals surface area (Å²) in [5, 5.41) is 2.74. The molecule has 134 valence electrons. The Hall–Kier alpha value is -2.37. The zero-order valence-corrected chi connectivity index (χ0v) is 15.0. The molecule has 6 heteroatoms. The molecule has 0 aliphatic carbocycles. The Labute approximate surface area is 148 Å². The monoisotopic (exact) mass is 343 g/mol. The normalized spacial score (nSPS) is 29.7. The maximum absolute atomic E-state index is 12.9. The lowest BCUT2D eigenvalue weighted by Gasteiger charge is -2.39. The van der Waals surface area contributed by atoms with Gasteiger partial charge in [-0.1, -0.05) is 30.3 Å². The highest BCUT2D eigenvalue weighted by molar-refractivity contribution is 6.09. The van der Waals surface area contributed by atoms with Crippen molar-refractivity contribution < 1.29 is 14.4 Å². The molecule has 6 nitrogen and oxygen atoms in total. The quantitative estimate of drug-likeness (QED) is 0.856. The second-order valence-corrected chi connectivity index (χ2v) is 7.24. The van der Waals surface area contributed by atoms with Gasteiger partial charge in [-0.25, -0.2) is 4.79 Å². The maximum atomic E-state index is 12.9. The molecular weight excluding hydrogens is 318 g/mol. The summed E-state index contributed by atoms with van der Waals surface area (Å²) in [5.41, 5.74) is -0.416. The summed E-state index contributed by atoms with van der Waals surface area (Å²) in [5.74, 6) is -0.546. The second kappa shape index (κ2) is 6.50. The van der Waals surface area contributed by atoms with Crippen molar-refractivity contribution in [3.05, 3.63) is 35.9 Å². The van der Waals surface area contributed by atoms with Gasteiger partial charge >= 0.3 is 6.03 Å². The molecule has 1 aromatic carbocycles. The van der Waals surface area contributed by atoms with Crippen molar-refractivity contribution in [3.8, 4) is 0 Å². The fourth-order valence-electron chi connectivity index (χ4n) is 3.94. The summed E-state index contributed by atoms with van der Waals surface area (Å²) in [7, 11) is 0. The van der Waals surface area contributed by atoms with Gasteiger partial charge in [-0.3, -0.25) is 14.5 Å². The first-order chi connectivity index (χ1) is 11.8. The molecule has 0 bridgehead atoms. The summed E-state index contributed by atoms with van der Waals surface area (Å²) >= 11 is 0. The van der Waals surface area contributed by atoms with Crippen LogP contribution in [0.25, 0.3) is 0 Å². The van der Waals surface area contributed by atoms with E-state index < -0.39 is 11.6 Å². The highest BCUT2D eigenvalue weighted by Crippen LogP contribution is 2.29. The minimum Gasteiger partial charge on any atom is -0.336 e. The van der Waals surface area contributed by atoms with E-state index in [1.165, 1.54) is 0 Å². The van der Waals surface area contributed by atoms with Crippen LogP contribution in [0.4, 0.5) is 4.79 Å². The summed E-state index contributed by atoms with van der Waals surface area (Å²) in [6.07, 6.45) is 3.01. The van der Waals surface area contributed by atoms with Crippen molar-refractivity contribution in [1.82, 2.24) is 15.1 Å². The average Bonchev–Trinajstić information content (AvgIpc) is 2.80. The van der Waals surface area contributed by atoms with E-state index in [1.54, 1.807) is 19.1 Å². The Morgan fingerprint density at radius 2 is 1.76 bits per heavy atom. The third kappa shape index (κ3) is 3.01. The van der Waals surface area contributed by atoms with Gasteiger partial charge in [0.2, 0.25) is 5.91 Å². The van der Waals surface area contributed by atoms with Crippen LogP contribution in [-0.2, 0) is 15.1 Å². The van der Waals surface area contributed by atoms with Crippen LogP contribution in [0.15, 0.2) is 30.3 Å². The number of carbonyl (C=O) groups is 3. The van der Waals surface area contributed by atoms with Crippen molar-refractivity contribution >= 4 is 17.8 Å². The lowest BCUT2D eigenvalue weighted by atomic mass is 9.92. The molecule has 25 heavy (non-hydrogen) atoms. The maximum Gasteiger partial charge on any atom is 0.325 e. The van der Waals surface area contributed by atoms with Crippen molar-refractivity contribution in [3.63, 3.8) is 0 Å². The van der Waals surface area contributed by atoms with Gasteiger partial charge < -0.3 is 10.2 Å². The summed E-state index contributed by atoms with van der Waals surface area (Å²) in [4.78, 5) is 40.9. The predicted octanol–water partition coefficient (Wildman–Crippen LogP) is 2.24. The highest BCUT2D eigenvalue weighted by atomic mass is 16.2. The van der Waals surface area contributed by atoms with Gasteiger partial charge in [-0.15, -0.1) is 0 Å². The summed E-state index contributed by atoms with van der Waals surface area (Å²) in [6, 6.07) is 8.87. The van der Waals surface area contributed by atoms with Gasteiger partial charge in [0.15, 0.2) is 0 Å². The number of benzene rings is 1. The molecule has 0 aromatic heterocycles. The van der Waals surface area contributed by atoms with Gasteiger partial charge in [-0.05, 0) is 45.6 Å². The predicted molar refractivity (Wildman–Crippen MR) is 93.7 cm³/mol. The van der Waals surface area contributed by atoms with E-state index >= 15 is 0 Å². The number of amides is 4. The SMILES string of the molecule is C[C@@H]1CCC[C@H](C)N1C(=O)CN1C(=O)N[C@@](C)(c2ccccc2)C1=O. The van der Waals surface area contributed by atoms with Crippen LogP contribution >= 0.6 is 0 Å². The van der Waals surface area contributed by atoms with E-state index in [1.807, 2.05) is 36.9 Å². The smallest absolute Gasteiger partial charge is 0.325 e. The van der Waals surface area contributed by atoms with Crippen LogP contribution in [0, 0.1) is 0 Å². The van der Waals surface area contributed by atoms with Gasteiger partial charge in [0.05, 0.1) is 0 Å². The van der Waals surface area contributed by atoms with Crippen LogP contribution in [-0.4, -0.2) is 46.3 Å². The first-order valence-electron chi connectivity index (χ1n) is 8.85. The molecule has 1 N–H and O–H groups in total. The van der Waals surface area contributed by atoms with Crippen LogP contribution in [0.2, 0.25) is 0 Å². The van der Waals surface area contributed by atoms with E-state index in [0.717, 1.165) is 24.2 Å². The standard InChI is InChI=1S/C19H25N3O3/c1-13-8-7-9-14(2)22(13)16(23)12-21-17(24)19(3,20-18(21)25)15-10-5-4-6-11-15/h4-6,10-11,13-14H,7-9,12H2,1-3H3,(H,20,25)/t13-,14+,19-/m0/s1. The Balaban J connectivity index is 1.78. The van der Waals surface area contributed by atoms with Crippen molar-refractivity contribution in [2.24, 2.45) is 0 Å². The van der Waals surface area contributed by atoms with Crippen LogP contribution in [0.3, 0.4) is 0 Å². The number of imide groups is 1. The number of nitrogens with zero attached hydrogens (tertiary/aromatic N) is 2. The highest BCUT2D eigenvalue weighted by Gasteiger charge is 2.50. The van der Waals surface area contributed by atoms with Crippen LogP contribution in [0.1, 0.15) is 45.6 Å². The number of hydrogen-bond donors (Lipinski definition) is 1. The third-order valence-corrected chi connectivity index (χ3v) is 5.40. The first-order valence-corrected chi connectivity index (χ1v) is 8.85. The Bertz CT molecular complexity index is 680. The fourth-order valence-corrected chi connectivity index (χ4v) is 3.94. The Morgan fingerprint density at radius 1 is 1.16 bits per heavy atom. The summed E-state index contributed by atoms with van der Waals surface area (Å²) in [6.45, 7) is 5.52. The number of hydrogen-bond acceptors (Lipinski definition) is 3. The number of piperidine rings is 1. The molecule has 4 amide bonds. The zero-order valence-electron chi connectivity index (χ0n) is 15.0. The molecule has 2 aliphatic heterocycles. The fraction of sp³-hybridized carbons (Fsp3) is 0.526. The Morgan fingerprint density at radius 3 is 2.36 bits per heavy atom. The number of rotatable bonds is 3. The van der Waals surface area contributed by atoms with Gasteiger partial charge in [-0.2, -0.15) is 0 Å². The molecule has 0 unspecified atom stereocenters. The molecule has 0 spiro atoms. The Kier molecular flexibility index (Phi) is 4.54. The molecule has 1 aromatic rings. The van der Waals surface area contributed by atoms with Gasteiger partial charge in [0.1, 0.15) is 12.1 Å². The number of carbonyl (C=O) groups excluding carboxylic acids is 3. The average molecular weight is 343 g/mol. The molecule has 0 radical (unpaired) electrons. The topological polar surface area (TPSA) is 69.7 Å². The summed E-state index contributed by atoms with van der Waals surface area (Å²) < 4.78 is 0. The van der Waals surface area contributed by atoms with Crippen LogP contribution in [0.5, 0.6) is 0 Å². The van der Waals surface area contributed by atoms with Crippen molar-refractivity contribution in [1.29, 1.82) is 0 Å². The number of nitrogens with one attached hydrogen (secondary N) is 1. The van der Waals surface area contributed by atoms with E-state index in [4.69, 9.17) is 0 Å². The molecule has 3 rings (SSSR count). The van der Waals surface area contributed by atoms with Crippen LogP contribution < -0.4 is 5.32 Å². The van der Waals surface area contributed by atoms with Crippen molar-refractivity contribution in [2.75, 3.05) is 6.54 Å². The molecule has 2 fully saturated rings.